The van der Waals surface area contributed by atoms with E-state index in [2.05, 4.69) is 29.4 Å². The van der Waals surface area contributed by atoms with Crippen LogP contribution in [0, 0.1) is 0 Å². The molecule has 0 unspecified atom stereocenters. The summed E-state index contributed by atoms with van der Waals surface area (Å²) in [5.74, 6) is 0.735. The van der Waals surface area contributed by atoms with E-state index in [0.717, 1.165) is 24.9 Å². The number of nitrogens with zero attached hydrogens (tertiary/aromatic N) is 1. The number of aliphatic imine (C=N–C) groups is 1. The summed E-state index contributed by atoms with van der Waals surface area (Å²) in [6.45, 7) is 2.80. The van der Waals surface area contributed by atoms with Gasteiger partial charge in [-0.2, -0.15) is 0 Å². The molecule has 5 heteroatoms. The highest BCUT2D eigenvalue weighted by Gasteiger charge is 1.97. The molecule has 0 aliphatic carbocycles. The number of nitrogens with two attached hydrogens (primary N) is 1. The van der Waals surface area contributed by atoms with Crippen molar-refractivity contribution in [3.05, 3.63) is 59.7 Å². The maximum atomic E-state index is 9.23. The second-order valence-corrected chi connectivity index (χ2v) is 5.21. The highest BCUT2D eigenvalue weighted by atomic mass is 127. The minimum Gasteiger partial charge on any atom is -0.508 e. The predicted octanol–water partition coefficient (Wildman–Crippen LogP) is 3.93. The molecule has 0 radical (unpaired) electrons. The molecule has 0 heterocycles. The number of aryl methyl sites for hydroxylation is 2. The molecule has 0 aliphatic heterocycles. The molecule has 0 aromatic heterocycles. The van der Waals surface area contributed by atoms with Crippen molar-refractivity contribution in [3.63, 3.8) is 0 Å². The summed E-state index contributed by atoms with van der Waals surface area (Å²) in [6, 6.07) is 15.4. The lowest BCUT2D eigenvalue weighted by Gasteiger charge is -2.06. The van der Waals surface area contributed by atoms with Crippen LogP contribution in [-0.2, 0) is 12.8 Å². The van der Waals surface area contributed by atoms with E-state index in [1.807, 2.05) is 24.3 Å². The topological polar surface area (TPSA) is 70.6 Å². The predicted molar refractivity (Wildman–Crippen MR) is 108 cm³/mol. The van der Waals surface area contributed by atoms with E-state index in [4.69, 9.17) is 5.73 Å². The molecule has 2 rings (SSSR count). The molecule has 2 aromatic carbocycles. The largest absolute Gasteiger partial charge is 0.508 e. The molecule has 0 aliphatic rings. The van der Waals surface area contributed by atoms with Gasteiger partial charge in [-0.05, 0) is 54.7 Å². The van der Waals surface area contributed by atoms with E-state index in [1.54, 1.807) is 12.1 Å². The zero-order valence-corrected chi connectivity index (χ0v) is 15.7. The summed E-state index contributed by atoms with van der Waals surface area (Å²) in [5, 5.41) is 12.3. The van der Waals surface area contributed by atoms with E-state index >= 15 is 0 Å². The molecule has 0 saturated carbocycles. The summed E-state index contributed by atoms with van der Waals surface area (Å²) >= 11 is 0. The first-order valence-electron chi connectivity index (χ1n) is 7.61. The van der Waals surface area contributed by atoms with Crippen molar-refractivity contribution in [1.82, 2.24) is 0 Å². The van der Waals surface area contributed by atoms with Crippen molar-refractivity contribution in [2.45, 2.75) is 26.2 Å². The molecule has 0 bridgehead atoms. The number of hydrogen-bond donors (Lipinski definition) is 3. The smallest absolute Gasteiger partial charge is 0.193 e. The fourth-order valence-electron chi connectivity index (χ4n) is 2.16. The molecule has 124 valence electrons. The van der Waals surface area contributed by atoms with Gasteiger partial charge >= 0.3 is 0 Å². The zero-order chi connectivity index (χ0) is 15.8. The average Bonchev–Trinajstić information content (AvgIpc) is 2.54. The second kappa shape index (κ2) is 10.1. The van der Waals surface area contributed by atoms with Crippen LogP contribution in [0.5, 0.6) is 5.75 Å². The van der Waals surface area contributed by atoms with Gasteiger partial charge in [-0.25, -0.2) is 0 Å². The Labute approximate surface area is 154 Å². The van der Waals surface area contributed by atoms with E-state index in [-0.39, 0.29) is 24.0 Å². The fourth-order valence-corrected chi connectivity index (χ4v) is 2.16. The standard InChI is InChI=1S/C18H23N3O.HI/c1-2-14-5-9-16(10-6-14)21-18(19)20-13-3-4-15-7-11-17(22)12-8-15;/h5-12,22H,2-4,13H2,1H3,(H3,19,20,21);1H. The number of hydrogen-bond acceptors (Lipinski definition) is 2. The van der Waals surface area contributed by atoms with Gasteiger partial charge in [0.2, 0.25) is 0 Å². The summed E-state index contributed by atoms with van der Waals surface area (Å²) in [4.78, 5) is 4.33. The van der Waals surface area contributed by atoms with Gasteiger partial charge in [0.25, 0.3) is 0 Å². The Balaban J connectivity index is 0.00000264. The number of halogens is 1. The number of phenolic OH excluding ortho intramolecular Hbond substituents is 1. The number of rotatable bonds is 6. The molecule has 4 N–H and O–H groups in total. The second-order valence-electron chi connectivity index (χ2n) is 5.21. The maximum absolute atomic E-state index is 9.23. The lowest BCUT2D eigenvalue weighted by Crippen LogP contribution is -2.22. The molecular formula is C18H24IN3O. The van der Waals surface area contributed by atoms with Crippen molar-refractivity contribution < 1.29 is 5.11 Å². The number of guanidine groups is 1. The quantitative estimate of drug-likeness (QED) is 0.284. The number of phenols is 1. The Morgan fingerprint density at radius 3 is 2.26 bits per heavy atom. The van der Waals surface area contributed by atoms with Crippen molar-refractivity contribution in [2.75, 3.05) is 11.9 Å². The summed E-state index contributed by atoms with van der Waals surface area (Å²) in [5.41, 5.74) is 9.33. The third-order valence-electron chi connectivity index (χ3n) is 3.48. The van der Waals surface area contributed by atoms with Gasteiger partial charge in [0.15, 0.2) is 5.96 Å². The van der Waals surface area contributed by atoms with Crippen LogP contribution >= 0.6 is 24.0 Å². The minimum atomic E-state index is 0. The van der Waals surface area contributed by atoms with E-state index in [1.165, 1.54) is 11.1 Å². The molecule has 0 fully saturated rings. The third kappa shape index (κ3) is 6.90. The van der Waals surface area contributed by atoms with E-state index in [9.17, 15) is 5.11 Å². The average molecular weight is 425 g/mol. The van der Waals surface area contributed by atoms with Gasteiger partial charge in [-0.15, -0.1) is 24.0 Å². The lowest BCUT2D eigenvalue weighted by atomic mass is 10.1. The molecule has 0 saturated heterocycles. The van der Waals surface area contributed by atoms with Gasteiger partial charge in [-0.3, -0.25) is 4.99 Å². The van der Waals surface area contributed by atoms with Gasteiger partial charge in [0.1, 0.15) is 5.75 Å². The molecule has 0 atom stereocenters. The molecule has 4 nitrogen and oxygen atoms in total. The number of nitrogens with one attached hydrogen (secondary N) is 1. The number of benzene rings is 2. The van der Waals surface area contributed by atoms with Crippen LogP contribution in [-0.4, -0.2) is 17.6 Å². The first-order chi connectivity index (χ1) is 10.7. The molecule has 0 amide bonds. The van der Waals surface area contributed by atoms with Gasteiger partial charge in [0, 0.05) is 12.2 Å². The Bertz CT molecular complexity index is 609. The van der Waals surface area contributed by atoms with Crippen LogP contribution in [0.2, 0.25) is 0 Å². The number of anilines is 1. The molecule has 0 spiro atoms. The van der Waals surface area contributed by atoms with Gasteiger partial charge in [-0.1, -0.05) is 31.2 Å². The van der Waals surface area contributed by atoms with E-state index < -0.39 is 0 Å². The fraction of sp³-hybridized carbons (Fsp3) is 0.278. The third-order valence-corrected chi connectivity index (χ3v) is 3.48. The highest BCUT2D eigenvalue weighted by Crippen LogP contribution is 2.11. The molecule has 23 heavy (non-hydrogen) atoms. The summed E-state index contributed by atoms with van der Waals surface area (Å²) < 4.78 is 0. The van der Waals surface area contributed by atoms with Crippen LogP contribution in [0.15, 0.2) is 53.5 Å². The van der Waals surface area contributed by atoms with Gasteiger partial charge in [0.05, 0.1) is 0 Å². The van der Waals surface area contributed by atoms with E-state index in [0.29, 0.717) is 18.3 Å². The Hall–Kier alpha value is -1.76. The minimum absolute atomic E-state index is 0. The maximum Gasteiger partial charge on any atom is 0.193 e. The Morgan fingerprint density at radius 2 is 1.65 bits per heavy atom. The normalized spacial score (nSPS) is 10.9. The van der Waals surface area contributed by atoms with Crippen LogP contribution in [0.25, 0.3) is 0 Å². The monoisotopic (exact) mass is 425 g/mol. The summed E-state index contributed by atoms with van der Waals surface area (Å²) in [7, 11) is 0. The van der Waals surface area contributed by atoms with Crippen LogP contribution in [0.1, 0.15) is 24.5 Å². The Morgan fingerprint density at radius 1 is 1.04 bits per heavy atom. The first-order valence-corrected chi connectivity index (χ1v) is 7.61. The molecule has 2 aromatic rings. The number of aromatic hydroxyl groups is 1. The van der Waals surface area contributed by atoms with Crippen LogP contribution in [0.4, 0.5) is 5.69 Å². The highest BCUT2D eigenvalue weighted by molar-refractivity contribution is 14.0. The summed E-state index contributed by atoms with van der Waals surface area (Å²) in [6.07, 6.45) is 2.87. The van der Waals surface area contributed by atoms with Gasteiger partial charge < -0.3 is 16.2 Å². The molecular weight excluding hydrogens is 401 g/mol. The van der Waals surface area contributed by atoms with Crippen molar-refractivity contribution >= 4 is 35.6 Å². The van der Waals surface area contributed by atoms with Crippen molar-refractivity contribution in [3.8, 4) is 5.75 Å². The van der Waals surface area contributed by atoms with Crippen LogP contribution < -0.4 is 11.1 Å². The Kier molecular flexibility index (Phi) is 8.47. The van der Waals surface area contributed by atoms with Crippen molar-refractivity contribution in [1.29, 1.82) is 0 Å². The van der Waals surface area contributed by atoms with Crippen molar-refractivity contribution in [2.24, 2.45) is 10.7 Å². The van der Waals surface area contributed by atoms with Crippen LogP contribution in [0.3, 0.4) is 0 Å². The zero-order valence-electron chi connectivity index (χ0n) is 13.3. The SMILES string of the molecule is CCc1ccc(NC(N)=NCCCc2ccc(O)cc2)cc1.I. The lowest BCUT2D eigenvalue weighted by molar-refractivity contribution is 0.475. The first kappa shape index (κ1) is 19.3.